The summed E-state index contributed by atoms with van der Waals surface area (Å²) in [6.07, 6.45) is -3.80. The van der Waals surface area contributed by atoms with E-state index in [9.17, 15) is 23.4 Å². The van der Waals surface area contributed by atoms with Crippen molar-refractivity contribution in [3.05, 3.63) is 21.4 Å². The summed E-state index contributed by atoms with van der Waals surface area (Å²) in [4.78, 5) is 4.21. The monoisotopic (exact) mass is 379 g/mol. The van der Waals surface area contributed by atoms with Crippen LogP contribution in [0.1, 0.15) is 48.9 Å². The highest BCUT2D eigenvalue weighted by Crippen LogP contribution is 2.42. The molecule has 1 aromatic heterocycles. The number of hydrogen-bond donors (Lipinski definition) is 2. The summed E-state index contributed by atoms with van der Waals surface area (Å²) in [5, 5.41) is 18.7. The lowest BCUT2D eigenvalue weighted by atomic mass is 9.72. The van der Waals surface area contributed by atoms with Gasteiger partial charge in [0.1, 0.15) is 0 Å². The Morgan fingerprint density at radius 2 is 2.12 bits per heavy atom. The van der Waals surface area contributed by atoms with Crippen LogP contribution >= 0.6 is 11.3 Å². The molecule has 2 heterocycles. The molecule has 1 unspecified atom stereocenters. The van der Waals surface area contributed by atoms with Crippen LogP contribution in [0.15, 0.2) is 6.07 Å². The third kappa shape index (κ3) is 4.76. The van der Waals surface area contributed by atoms with Crippen LogP contribution in [0.2, 0.25) is 0 Å². The maximum Gasteiger partial charge on any atom is 0.415 e. The van der Waals surface area contributed by atoms with Gasteiger partial charge in [0.15, 0.2) is 6.10 Å². The Bertz CT molecular complexity index is 575. The standard InChI is InChI=1S/C18H28F3NO2S/c1-4-13-9-14(15(25-13)5-8-23)17(3)6-7-22(12(2)10-17)11-16(24)18(19,20)21/h9,12,16,23-24H,4-8,10-11H2,1-3H3/t12-,16?,17-/m0/s1. The van der Waals surface area contributed by atoms with Crippen molar-refractivity contribution in [2.45, 2.75) is 70.2 Å². The molecule has 0 spiro atoms. The molecule has 1 fully saturated rings. The first-order valence-electron chi connectivity index (χ1n) is 8.82. The van der Waals surface area contributed by atoms with Gasteiger partial charge in [0.2, 0.25) is 0 Å². The van der Waals surface area contributed by atoms with Crippen molar-refractivity contribution in [3.8, 4) is 0 Å². The highest BCUT2D eigenvalue weighted by molar-refractivity contribution is 7.12. The van der Waals surface area contributed by atoms with Crippen LogP contribution in [0, 0.1) is 0 Å². The first kappa shape index (κ1) is 20.7. The summed E-state index contributed by atoms with van der Waals surface area (Å²) in [6.45, 7) is 6.47. The highest BCUT2D eigenvalue weighted by atomic mass is 32.1. The van der Waals surface area contributed by atoms with Crippen molar-refractivity contribution in [2.24, 2.45) is 0 Å². The number of aliphatic hydroxyl groups is 2. The second-order valence-corrected chi connectivity index (χ2v) is 8.51. The largest absolute Gasteiger partial charge is 0.415 e. The molecule has 7 heteroatoms. The quantitative estimate of drug-likeness (QED) is 0.795. The number of rotatable bonds is 6. The fourth-order valence-corrected chi connectivity index (χ4v) is 5.04. The van der Waals surface area contributed by atoms with Crippen LogP contribution < -0.4 is 0 Å². The van der Waals surface area contributed by atoms with Gasteiger partial charge in [-0.15, -0.1) is 11.3 Å². The minimum absolute atomic E-state index is 0.0392. The molecule has 0 bridgehead atoms. The first-order valence-corrected chi connectivity index (χ1v) is 9.64. The number of aliphatic hydroxyl groups excluding tert-OH is 2. The lowest BCUT2D eigenvalue weighted by Crippen LogP contribution is -2.51. The lowest BCUT2D eigenvalue weighted by molar-refractivity contribution is -0.210. The molecule has 25 heavy (non-hydrogen) atoms. The maximum absolute atomic E-state index is 12.6. The minimum atomic E-state index is -4.57. The van der Waals surface area contributed by atoms with E-state index in [1.807, 2.05) is 6.92 Å². The molecule has 2 rings (SSSR count). The summed E-state index contributed by atoms with van der Waals surface area (Å²) in [6, 6.07) is 2.17. The van der Waals surface area contributed by atoms with Gasteiger partial charge in [0.25, 0.3) is 0 Å². The normalized spacial score (nSPS) is 26.8. The number of nitrogens with zero attached hydrogens (tertiary/aromatic N) is 1. The van der Waals surface area contributed by atoms with Gasteiger partial charge in [-0.25, -0.2) is 0 Å². The van der Waals surface area contributed by atoms with Gasteiger partial charge < -0.3 is 10.2 Å². The van der Waals surface area contributed by atoms with Crippen molar-refractivity contribution in [1.82, 2.24) is 4.90 Å². The van der Waals surface area contributed by atoms with Crippen molar-refractivity contribution >= 4 is 11.3 Å². The van der Waals surface area contributed by atoms with Gasteiger partial charge >= 0.3 is 6.18 Å². The van der Waals surface area contributed by atoms with Gasteiger partial charge in [-0.1, -0.05) is 13.8 Å². The minimum Gasteiger partial charge on any atom is -0.396 e. The zero-order valence-electron chi connectivity index (χ0n) is 15.1. The molecule has 3 atom stereocenters. The Morgan fingerprint density at radius 3 is 2.64 bits per heavy atom. The number of β-amino-alcohol motifs (C(OH)–C–C–N with tert-alkyl or cyclic N) is 1. The SMILES string of the molecule is CCc1cc([C@@]2(C)CCN(CC(O)C(F)(F)F)[C@@H](C)C2)c(CCO)s1. The Morgan fingerprint density at radius 1 is 1.44 bits per heavy atom. The first-order chi connectivity index (χ1) is 11.6. The second kappa shape index (κ2) is 7.94. The van der Waals surface area contributed by atoms with Crippen LogP contribution in [0.4, 0.5) is 13.2 Å². The van der Waals surface area contributed by atoms with Crippen LogP contribution in [-0.4, -0.2) is 53.1 Å². The van der Waals surface area contributed by atoms with Gasteiger partial charge in [0.05, 0.1) is 0 Å². The Kier molecular flexibility index (Phi) is 6.57. The molecular weight excluding hydrogens is 351 g/mol. The summed E-state index contributed by atoms with van der Waals surface area (Å²) < 4.78 is 37.9. The molecule has 0 radical (unpaired) electrons. The highest BCUT2D eigenvalue weighted by Gasteiger charge is 2.43. The maximum atomic E-state index is 12.6. The number of alkyl halides is 3. The molecule has 1 saturated heterocycles. The van der Waals surface area contributed by atoms with E-state index in [0.717, 1.165) is 19.3 Å². The van der Waals surface area contributed by atoms with E-state index in [-0.39, 0.29) is 24.6 Å². The topological polar surface area (TPSA) is 43.7 Å². The van der Waals surface area contributed by atoms with Crippen molar-refractivity contribution < 1.29 is 23.4 Å². The molecule has 3 nitrogen and oxygen atoms in total. The van der Waals surface area contributed by atoms with Gasteiger partial charge in [-0.3, -0.25) is 4.90 Å². The molecule has 2 N–H and O–H groups in total. The zero-order valence-corrected chi connectivity index (χ0v) is 15.9. The van der Waals surface area contributed by atoms with E-state index >= 15 is 0 Å². The number of thiophene rings is 1. The number of halogens is 3. The predicted molar refractivity (Wildman–Crippen MR) is 94.2 cm³/mol. The van der Waals surface area contributed by atoms with Crippen molar-refractivity contribution in [1.29, 1.82) is 0 Å². The lowest BCUT2D eigenvalue weighted by Gasteiger charge is -2.45. The van der Waals surface area contributed by atoms with Gasteiger partial charge in [-0.2, -0.15) is 13.2 Å². The van der Waals surface area contributed by atoms with Crippen LogP contribution in [0.5, 0.6) is 0 Å². The Labute approximate surface area is 151 Å². The second-order valence-electron chi connectivity index (χ2n) is 7.29. The van der Waals surface area contributed by atoms with E-state index in [1.54, 1.807) is 16.2 Å². The average Bonchev–Trinajstić information content (AvgIpc) is 2.93. The van der Waals surface area contributed by atoms with E-state index in [0.29, 0.717) is 13.0 Å². The molecule has 0 aromatic carbocycles. The van der Waals surface area contributed by atoms with E-state index in [1.165, 1.54) is 15.3 Å². The summed E-state index contributed by atoms with van der Waals surface area (Å²) in [5.74, 6) is 0. The number of likely N-dealkylation sites (tertiary alicyclic amines) is 1. The molecule has 0 aliphatic carbocycles. The van der Waals surface area contributed by atoms with E-state index in [4.69, 9.17) is 0 Å². The van der Waals surface area contributed by atoms with Crippen molar-refractivity contribution in [2.75, 3.05) is 19.7 Å². The average molecular weight is 379 g/mol. The molecular formula is C18H28F3NO2S. The van der Waals surface area contributed by atoms with Crippen LogP contribution in [0.25, 0.3) is 0 Å². The number of piperidine rings is 1. The molecule has 1 aliphatic rings. The molecule has 1 aliphatic heterocycles. The Balaban J connectivity index is 2.14. The fourth-order valence-electron chi connectivity index (χ4n) is 3.79. The van der Waals surface area contributed by atoms with Crippen LogP contribution in [0.3, 0.4) is 0 Å². The van der Waals surface area contributed by atoms with Gasteiger partial charge in [-0.05, 0) is 49.8 Å². The number of aryl methyl sites for hydroxylation is 1. The predicted octanol–water partition coefficient (Wildman–Crippen LogP) is 3.51. The van der Waals surface area contributed by atoms with Crippen LogP contribution in [-0.2, 0) is 18.3 Å². The number of hydrogen-bond acceptors (Lipinski definition) is 4. The fraction of sp³-hybridized carbons (Fsp3) is 0.778. The smallest absolute Gasteiger partial charge is 0.396 e. The molecule has 144 valence electrons. The zero-order chi connectivity index (χ0) is 18.8. The summed E-state index contributed by atoms with van der Waals surface area (Å²) in [7, 11) is 0. The molecule has 0 saturated carbocycles. The van der Waals surface area contributed by atoms with Crippen molar-refractivity contribution in [3.63, 3.8) is 0 Å². The Hall–Kier alpha value is -0.630. The van der Waals surface area contributed by atoms with E-state index in [2.05, 4.69) is 19.9 Å². The van der Waals surface area contributed by atoms with Gasteiger partial charge in [0, 0.05) is 35.4 Å². The summed E-state index contributed by atoms with van der Waals surface area (Å²) in [5.41, 5.74) is 1.14. The molecule has 0 amide bonds. The third-order valence-electron chi connectivity index (χ3n) is 5.30. The third-order valence-corrected chi connectivity index (χ3v) is 6.64. The molecule has 1 aromatic rings. The van der Waals surface area contributed by atoms with E-state index < -0.39 is 12.3 Å². The summed E-state index contributed by atoms with van der Waals surface area (Å²) >= 11 is 1.73.